The standard InChI is InChI=1S/C22H24N4O2S2/c1-15-24-19(14-29-15)20-10-9-18(30-20)12-23-21(27)16-6-5-11-26(13-16)22(28)25-17-7-3-2-4-8-17/h2-4,7-10,14,16H,5-6,11-13H2,1H3,(H,23,27)(H,25,28). The Kier molecular flexibility index (Phi) is 6.44. The third-order valence-electron chi connectivity index (χ3n) is 5.07. The summed E-state index contributed by atoms with van der Waals surface area (Å²) in [6, 6.07) is 13.3. The maximum atomic E-state index is 12.7. The lowest BCUT2D eigenvalue weighted by Gasteiger charge is -2.32. The number of hydrogen-bond acceptors (Lipinski definition) is 5. The van der Waals surface area contributed by atoms with Gasteiger partial charge in [-0.15, -0.1) is 22.7 Å². The second-order valence-electron chi connectivity index (χ2n) is 7.32. The summed E-state index contributed by atoms with van der Waals surface area (Å²) in [7, 11) is 0. The van der Waals surface area contributed by atoms with Crippen LogP contribution in [0.5, 0.6) is 0 Å². The molecule has 1 atom stereocenters. The summed E-state index contributed by atoms with van der Waals surface area (Å²) in [5.74, 6) is -0.174. The maximum Gasteiger partial charge on any atom is 0.321 e. The SMILES string of the molecule is Cc1nc(-c2ccc(CNC(=O)C3CCCN(C(=O)Nc4ccccc4)C3)s2)cs1. The van der Waals surface area contributed by atoms with Crippen molar-refractivity contribution in [3.05, 3.63) is 57.7 Å². The number of thiazole rings is 1. The van der Waals surface area contributed by atoms with E-state index in [2.05, 4.69) is 27.1 Å². The van der Waals surface area contributed by atoms with Crippen LogP contribution < -0.4 is 10.6 Å². The molecule has 1 aliphatic rings. The number of carbonyl (C=O) groups excluding carboxylic acids is 2. The van der Waals surface area contributed by atoms with Gasteiger partial charge in [0, 0.05) is 29.0 Å². The number of aromatic nitrogens is 1. The first kappa shape index (κ1) is 20.6. The van der Waals surface area contributed by atoms with E-state index >= 15 is 0 Å². The van der Waals surface area contributed by atoms with Crippen molar-refractivity contribution in [3.63, 3.8) is 0 Å². The molecule has 0 spiro atoms. The molecule has 0 radical (unpaired) electrons. The van der Waals surface area contributed by atoms with Gasteiger partial charge in [0.25, 0.3) is 0 Å². The second kappa shape index (κ2) is 9.40. The number of nitrogens with zero attached hydrogens (tertiary/aromatic N) is 2. The van der Waals surface area contributed by atoms with E-state index in [4.69, 9.17) is 0 Å². The number of thiophene rings is 1. The van der Waals surface area contributed by atoms with Crippen molar-refractivity contribution in [1.29, 1.82) is 0 Å². The van der Waals surface area contributed by atoms with Crippen molar-refractivity contribution < 1.29 is 9.59 Å². The molecule has 1 saturated heterocycles. The molecule has 8 heteroatoms. The van der Waals surface area contributed by atoms with Gasteiger partial charge in [0.05, 0.1) is 28.0 Å². The first-order valence-corrected chi connectivity index (χ1v) is 11.7. The largest absolute Gasteiger partial charge is 0.351 e. The molecule has 1 fully saturated rings. The van der Waals surface area contributed by atoms with E-state index in [0.29, 0.717) is 19.6 Å². The van der Waals surface area contributed by atoms with Crippen LogP contribution in [0.3, 0.4) is 0 Å². The summed E-state index contributed by atoms with van der Waals surface area (Å²) in [5.41, 5.74) is 1.75. The van der Waals surface area contributed by atoms with E-state index in [-0.39, 0.29) is 17.9 Å². The summed E-state index contributed by atoms with van der Waals surface area (Å²) in [6.07, 6.45) is 1.63. The third-order valence-corrected chi connectivity index (χ3v) is 6.96. The van der Waals surface area contributed by atoms with Crippen LogP contribution in [0.2, 0.25) is 0 Å². The van der Waals surface area contributed by atoms with Crippen LogP contribution in [0.15, 0.2) is 47.8 Å². The Morgan fingerprint density at radius 3 is 2.80 bits per heavy atom. The van der Waals surface area contributed by atoms with Crippen LogP contribution >= 0.6 is 22.7 Å². The van der Waals surface area contributed by atoms with Gasteiger partial charge in [0.15, 0.2) is 0 Å². The zero-order valence-electron chi connectivity index (χ0n) is 16.8. The molecule has 0 aliphatic carbocycles. The summed E-state index contributed by atoms with van der Waals surface area (Å²) < 4.78 is 0. The highest BCUT2D eigenvalue weighted by molar-refractivity contribution is 7.16. The first-order chi connectivity index (χ1) is 14.6. The number of piperidine rings is 1. The highest BCUT2D eigenvalue weighted by Crippen LogP contribution is 2.29. The maximum absolute atomic E-state index is 12.7. The quantitative estimate of drug-likeness (QED) is 0.602. The lowest BCUT2D eigenvalue weighted by Crippen LogP contribution is -2.46. The minimum absolute atomic E-state index is 0.00617. The highest BCUT2D eigenvalue weighted by atomic mass is 32.1. The molecule has 1 aliphatic heterocycles. The van der Waals surface area contributed by atoms with Crippen molar-refractivity contribution >= 4 is 40.3 Å². The third kappa shape index (κ3) is 5.06. The van der Waals surface area contributed by atoms with Crippen LogP contribution in [0.1, 0.15) is 22.7 Å². The summed E-state index contributed by atoms with van der Waals surface area (Å²) >= 11 is 3.29. The Bertz CT molecular complexity index is 1020. The van der Waals surface area contributed by atoms with Crippen molar-refractivity contribution in [2.45, 2.75) is 26.3 Å². The molecule has 4 rings (SSSR count). The predicted molar refractivity (Wildman–Crippen MR) is 122 cm³/mol. The zero-order valence-corrected chi connectivity index (χ0v) is 18.4. The van der Waals surface area contributed by atoms with E-state index in [9.17, 15) is 9.59 Å². The van der Waals surface area contributed by atoms with E-state index < -0.39 is 0 Å². The molecule has 30 heavy (non-hydrogen) atoms. The Balaban J connectivity index is 1.29. The van der Waals surface area contributed by atoms with Crippen LogP contribution in [0.4, 0.5) is 10.5 Å². The normalized spacial score (nSPS) is 16.3. The fourth-order valence-corrected chi connectivity index (χ4v) is 5.10. The minimum atomic E-state index is -0.180. The smallest absolute Gasteiger partial charge is 0.321 e. The van der Waals surface area contributed by atoms with Crippen molar-refractivity contribution in [2.24, 2.45) is 5.92 Å². The Labute approximate surface area is 184 Å². The predicted octanol–water partition coefficient (Wildman–Crippen LogP) is 4.74. The van der Waals surface area contributed by atoms with E-state index in [0.717, 1.165) is 39.0 Å². The van der Waals surface area contributed by atoms with E-state index in [1.807, 2.05) is 43.3 Å². The van der Waals surface area contributed by atoms with Crippen LogP contribution in [-0.2, 0) is 11.3 Å². The van der Waals surface area contributed by atoms with E-state index in [1.165, 1.54) is 0 Å². The van der Waals surface area contributed by atoms with Gasteiger partial charge in [-0.1, -0.05) is 18.2 Å². The van der Waals surface area contributed by atoms with Gasteiger partial charge in [-0.3, -0.25) is 4.79 Å². The molecule has 0 bridgehead atoms. The molecule has 1 unspecified atom stereocenters. The van der Waals surface area contributed by atoms with Crippen molar-refractivity contribution in [2.75, 3.05) is 18.4 Å². The zero-order chi connectivity index (χ0) is 20.9. The monoisotopic (exact) mass is 440 g/mol. The second-order valence-corrected chi connectivity index (χ2v) is 9.55. The lowest BCUT2D eigenvalue weighted by atomic mass is 9.97. The number of aryl methyl sites for hydroxylation is 1. The number of amides is 3. The molecule has 2 aromatic heterocycles. The van der Waals surface area contributed by atoms with Gasteiger partial charge >= 0.3 is 6.03 Å². The molecule has 1 aromatic carbocycles. The molecule has 3 amide bonds. The number of likely N-dealkylation sites (tertiary alicyclic amines) is 1. The molecular weight excluding hydrogens is 416 g/mol. The number of hydrogen-bond donors (Lipinski definition) is 2. The average molecular weight is 441 g/mol. The Morgan fingerprint density at radius 2 is 2.03 bits per heavy atom. The number of para-hydroxylation sites is 1. The fraction of sp³-hybridized carbons (Fsp3) is 0.318. The first-order valence-electron chi connectivity index (χ1n) is 9.98. The number of benzene rings is 1. The van der Waals surface area contributed by atoms with Gasteiger partial charge < -0.3 is 15.5 Å². The average Bonchev–Trinajstić information content (AvgIpc) is 3.41. The topological polar surface area (TPSA) is 74.3 Å². The highest BCUT2D eigenvalue weighted by Gasteiger charge is 2.28. The number of rotatable bonds is 5. The molecule has 0 saturated carbocycles. The minimum Gasteiger partial charge on any atom is -0.351 e. The number of nitrogens with one attached hydrogen (secondary N) is 2. The molecule has 3 aromatic rings. The van der Waals surface area contributed by atoms with E-state index in [1.54, 1.807) is 27.6 Å². The van der Waals surface area contributed by atoms with Crippen LogP contribution in [0.25, 0.3) is 10.6 Å². The lowest BCUT2D eigenvalue weighted by molar-refractivity contribution is -0.126. The fourth-order valence-electron chi connectivity index (χ4n) is 3.51. The number of carbonyl (C=O) groups is 2. The Hall–Kier alpha value is -2.71. The summed E-state index contributed by atoms with van der Waals surface area (Å²) in [5, 5.41) is 9.05. The molecule has 156 valence electrons. The molecular formula is C22H24N4O2S2. The van der Waals surface area contributed by atoms with Crippen molar-refractivity contribution in [3.8, 4) is 10.6 Å². The van der Waals surface area contributed by atoms with Gasteiger partial charge in [0.1, 0.15) is 0 Å². The molecule has 2 N–H and O–H groups in total. The van der Waals surface area contributed by atoms with Gasteiger partial charge in [-0.2, -0.15) is 0 Å². The summed E-state index contributed by atoms with van der Waals surface area (Å²) in [6.45, 7) is 3.61. The van der Waals surface area contributed by atoms with Gasteiger partial charge in [-0.05, 0) is 44.0 Å². The van der Waals surface area contributed by atoms with Gasteiger partial charge in [0.2, 0.25) is 5.91 Å². The summed E-state index contributed by atoms with van der Waals surface area (Å²) in [4.78, 5) is 33.7. The van der Waals surface area contributed by atoms with Crippen LogP contribution in [0, 0.1) is 12.8 Å². The molecule has 6 nitrogen and oxygen atoms in total. The Morgan fingerprint density at radius 1 is 1.20 bits per heavy atom. The van der Waals surface area contributed by atoms with Gasteiger partial charge in [-0.25, -0.2) is 9.78 Å². The van der Waals surface area contributed by atoms with Crippen LogP contribution in [-0.4, -0.2) is 34.9 Å². The number of urea groups is 1. The van der Waals surface area contributed by atoms with Crippen molar-refractivity contribution in [1.82, 2.24) is 15.2 Å². The molecule has 3 heterocycles. The number of anilines is 1.